The maximum absolute atomic E-state index is 10.4. The molecule has 0 spiro atoms. The normalized spacial score (nSPS) is 13.4. The first-order valence-corrected chi connectivity index (χ1v) is 19.7. The number of esters is 1. The largest absolute Gasteiger partial charge is 0.480 e. The van der Waals surface area contributed by atoms with Crippen LogP contribution in [0.1, 0.15) is 44.0 Å². The van der Waals surface area contributed by atoms with Crippen molar-refractivity contribution in [3.8, 4) is 0 Å². The molecule has 0 saturated heterocycles. The summed E-state index contributed by atoms with van der Waals surface area (Å²) in [5.41, 5.74) is 32.7. The summed E-state index contributed by atoms with van der Waals surface area (Å²) in [5, 5.41) is 53.0. The topological polar surface area (TPSA) is 463 Å². The number of nitrogens with one attached hydrogen (secondary N) is 1. The quantitative estimate of drug-likeness (QED) is 0.0431. The molecule has 26 nitrogen and oxygen atoms in total. The van der Waals surface area contributed by atoms with E-state index in [-0.39, 0.29) is 12.8 Å². The van der Waals surface area contributed by atoms with E-state index in [2.05, 4.69) is 24.8 Å². The monoisotopic (exact) mass is 913 g/mol. The van der Waals surface area contributed by atoms with E-state index < -0.39 is 84.1 Å². The predicted molar refractivity (Wildman–Crippen MR) is 227 cm³/mol. The van der Waals surface area contributed by atoms with Crippen molar-refractivity contribution in [2.75, 3.05) is 39.8 Å². The van der Waals surface area contributed by atoms with Crippen LogP contribution in [0, 0.1) is 0 Å². The summed E-state index contributed by atoms with van der Waals surface area (Å²) < 4.78 is 12.4. The molecule has 7 atom stereocenters. The van der Waals surface area contributed by atoms with Gasteiger partial charge in [0, 0.05) is 57.9 Å². The molecule has 2 aromatic heterocycles. The second kappa shape index (κ2) is 37.5. The van der Waals surface area contributed by atoms with Gasteiger partial charge in [0.1, 0.15) is 36.3 Å². The van der Waals surface area contributed by atoms with Crippen LogP contribution >= 0.6 is 11.8 Å². The minimum atomic E-state index is -1.20. The Morgan fingerprint density at radius 2 is 1.24 bits per heavy atom. The number of carboxylic acid groups (broad SMARTS) is 6. The number of hydrogen-bond acceptors (Lipinski definition) is 19. The van der Waals surface area contributed by atoms with E-state index >= 15 is 0 Å². The number of carbonyl (C=O) groups excluding carboxylic acids is 1. The molecule has 0 saturated carbocycles. The van der Waals surface area contributed by atoms with Crippen molar-refractivity contribution < 1.29 is 73.7 Å². The molecule has 0 radical (unpaired) electrons. The highest BCUT2D eigenvalue weighted by Gasteiger charge is 2.19. The summed E-state index contributed by atoms with van der Waals surface area (Å²) in [5.74, 6) is -6.20. The van der Waals surface area contributed by atoms with E-state index in [9.17, 15) is 33.6 Å². The average Bonchev–Trinajstić information content (AvgIpc) is 3.82. The van der Waals surface area contributed by atoms with Crippen molar-refractivity contribution in [3.05, 3.63) is 36.4 Å². The second-order valence-electron chi connectivity index (χ2n) is 12.8. The van der Waals surface area contributed by atoms with E-state index in [4.69, 9.17) is 65.0 Å². The summed E-state index contributed by atoms with van der Waals surface area (Å²) in [7, 11) is 8.10. The van der Waals surface area contributed by atoms with Crippen LogP contribution in [0.4, 0.5) is 0 Å². The number of hydrogen-bond donors (Lipinski definition) is 13. The van der Waals surface area contributed by atoms with Gasteiger partial charge < -0.3 is 89.0 Å². The number of nitrogens with zero attached hydrogens (tertiary/aromatic N) is 4. The molecule has 0 bridgehead atoms. The fourth-order valence-corrected chi connectivity index (χ4v) is 4.02. The van der Waals surface area contributed by atoms with Crippen molar-refractivity contribution in [2.24, 2.45) is 48.5 Å². The third-order valence-corrected chi connectivity index (χ3v) is 8.13. The number of methoxy groups -OCH3 is 2. The van der Waals surface area contributed by atoms with Gasteiger partial charge in [-0.2, -0.15) is 11.8 Å². The molecule has 2 rings (SSSR count). The number of unbranched alkanes of at least 4 members (excludes halogenated alkanes) is 1. The summed E-state index contributed by atoms with van der Waals surface area (Å²) in [6.07, 6.45) is 10.7. The smallest absolute Gasteiger partial charge is 0.323 e. The molecule has 0 aliphatic rings. The molecule has 62 heavy (non-hydrogen) atoms. The number of nitrogens with two attached hydrogens (primary N) is 6. The lowest BCUT2D eigenvalue weighted by Crippen LogP contribution is -2.40. The van der Waals surface area contributed by atoms with Crippen LogP contribution in [-0.2, 0) is 70.0 Å². The molecule has 0 aromatic carbocycles. The van der Waals surface area contributed by atoms with Gasteiger partial charge in [0.05, 0.1) is 38.0 Å². The fraction of sp³-hybridized carbons (Fsp3) is 0.629. The summed E-state index contributed by atoms with van der Waals surface area (Å²) in [4.78, 5) is 79.2. The lowest BCUT2D eigenvalue weighted by Gasteiger charge is -2.12. The van der Waals surface area contributed by atoms with E-state index in [0.717, 1.165) is 25.1 Å². The lowest BCUT2D eigenvalue weighted by atomic mass is 10.1. The highest BCUT2D eigenvalue weighted by molar-refractivity contribution is 7.98. The SMILES string of the molecule is CNCCCC[C@@H](N)C(=O)O.COC(=O)C[C@@H](N)C(=O)O.CO[C@H](C)[C@@H](N)C(=O)O.CSC[C@@H](N)C(=O)O.Cn1cnc(C[C@@H](N)C(=O)O)c1.Cn1cncc1C[C@@H](N)C(=O)O. The Kier molecular flexibility index (Phi) is 38.3. The number of carbonyl (C=O) groups is 7. The van der Waals surface area contributed by atoms with Crippen molar-refractivity contribution in [3.63, 3.8) is 0 Å². The predicted octanol–water partition coefficient (Wildman–Crippen LogP) is -3.31. The molecule has 0 unspecified atom stereocenters. The number of thioether (sulfide) groups is 1. The lowest BCUT2D eigenvalue weighted by molar-refractivity contribution is -0.146. The first kappa shape index (κ1) is 63.4. The molecular weight excluding hydrogens is 847 g/mol. The van der Waals surface area contributed by atoms with Gasteiger partial charge in [-0.1, -0.05) is 6.42 Å². The van der Waals surface area contributed by atoms with Gasteiger partial charge in [0.15, 0.2) is 0 Å². The summed E-state index contributed by atoms with van der Waals surface area (Å²) in [6.45, 7) is 2.53. The second-order valence-corrected chi connectivity index (χ2v) is 13.7. The van der Waals surface area contributed by atoms with Crippen LogP contribution in [0.15, 0.2) is 25.0 Å². The standard InChI is InChI=1S/2C7H11N3O2.C7H16N2O2.C5H9NO4.C5H11NO3.C4H9NO2S/c1-10-3-5(9-4-10)2-6(8)7(11)12;1-10-4-9-3-5(10)2-6(8)7(11)12;1-9-5-3-2-4-6(8)7(10)11;1-10-4(7)2-3(6)5(8)9;1-3(9-2)4(6)5(7)8;1-8-2-3(5)4(6)7/h2*3-4,6H,2,8H2,1H3,(H,11,12);6,9H,2-5,8H2,1H3,(H,10,11);3H,2,6H2,1H3,(H,8,9);3-4H,6H2,1-2H3,(H,7,8);3H,2,5H2,1H3,(H,6,7)/t3*6-;3-;3-,4-;3-/m111111/s1. The van der Waals surface area contributed by atoms with E-state index in [1.807, 2.05) is 20.4 Å². The van der Waals surface area contributed by atoms with Crippen molar-refractivity contribution in [1.29, 1.82) is 0 Å². The Balaban J connectivity index is -0.000000328. The van der Waals surface area contributed by atoms with Crippen molar-refractivity contribution in [1.82, 2.24) is 24.4 Å². The van der Waals surface area contributed by atoms with Gasteiger partial charge in [0.25, 0.3) is 0 Å². The zero-order valence-corrected chi connectivity index (χ0v) is 36.8. The molecule has 19 N–H and O–H groups in total. The molecule has 2 aromatic rings. The molecule has 358 valence electrons. The summed E-state index contributed by atoms with van der Waals surface area (Å²) >= 11 is 1.43. The van der Waals surface area contributed by atoms with E-state index in [0.29, 0.717) is 24.3 Å². The zero-order valence-electron chi connectivity index (χ0n) is 36.0. The number of carboxylic acids is 6. The highest BCUT2D eigenvalue weighted by atomic mass is 32.2. The first-order chi connectivity index (χ1) is 28.7. The maximum Gasteiger partial charge on any atom is 0.323 e. The van der Waals surface area contributed by atoms with Crippen molar-refractivity contribution in [2.45, 2.75) is 87.8 Å². The first-order valence-electron chi connectivity index (χ1n) is 18.3. The highest BCUT2D eigenvalue weighted by Crippen LogP contribution is 2.01. The molecule has 0 aliphatic heterocycles. The molecular formula is C35H67N11O15S. The number of aryl methyl sites for hydroxylation is 2. The van der Waals surface area contributed by atoms with Crippen molar-refractivity contribution >= 4 is 53.5 Å². The Morgan fingerprint density at radius 3 is 1.56 bits per heavy atom. The number of ether oxygens (including phenoxy) is 2. The minimum Gasteiger partial charge on any atom is -0.480 e. The van der Waals surface area contributed by atoms with Crippen LogP contribution in [-0.4, -0.2) is 174 Å². The van der Waals surface area contributed by atoms with Crippen LogP contribution in [0.25, 0.3) is 0 Å². The Hall–Kier alpha value is -5.26. The van der Waals surface area contributed by atoms with Gasteiger partial charge >= 0.3 is 41.8 Å². The van der Waals surface area contributed by atoms with Gasteiger partial charge in [0.2, 0.25) is 0 Å². The zero-order chi connectivity index (χ0) is 49.1. The van der Waals surface area contributed by atoms with Crippen LogP contribution in [0.3, 0.4) is 0 Å². The number of aliphatic carboxylic acids is 6. The fourth-order valence-electron chi connectivity index (χ4n) is 3.52. The Morgan fingerprint density at radius 1 is 0.742 bits per heavy atom. The Labute approximate surface area is 363 Å². The number of imidazole rings is 2. The maximum atomic E-state index is 10.4. The van der Waals surface area contributed by atoms with Gasteiger partial charge in [-0.05, 0) is 39.6 Å². The third kappa shape index (κ3) is 35.5. The molecule has 2 heterocycles. The van der Waals surface area contributed by atoms with E-state index in [1.54, 1.807) is 48.2 Å². The van der Waals surface area contributed by atoms with Gasteiger partial charge in [-0.3, -0.25) is 33.6 Å². The molecule has 0 fully saturated rings. The summed E-state index contributed by atoms with van der Waals surface area (Å²) in [6, 6.07) is -5.18. The molecule has 0 amide bonds. The van der Waals surface area contributed by atoms with E-state index in [1.165, 1.54) is 26.0 Å². The number of aromatic nitrogens is 4. The van der Waals surface area contributed by atoms with Crippen LogP contribution < -0.4 is 39.7 Å². The number of rotatable bonds is 21. The average molecular weight is 914 g/mol. The van der Waals surface area contributed by atoms with Crippen LogP contribution in [0.5, 0.6) is 0 Å². The third-order valence-electron chi connectivity index (χ3n) is 7.43. The van der Waals surface area contributed by atoms with Crippen LogP contribution in [0.2, 0.25) is 0 Å². The minimum absolute atomic E-state index is 0.274. The molecule has 27 heteroatoms. The Bertz CT molecular complexity index is 1580. The van der Waals surface area contributed by atoms with Gasteiger partial charge in [-0.25, -0.2) is 9.97 Å². The molecule has 0 aliphatic carbocycles. The van der Waals surface area contributed by atoms with Gasteiger partial charge in [-0.15, -0.1) is 0 Å².